The Labute approximate surface area is 100 Å². The molecular formula is C7H9ClN2O4S2. The SMILES string of the molecule is CSCCn1cc(S(=O)(=O)Cl)c(=O)[nH]c1=O. The molecule has 0 aliphatic heterocycles. The Morgan fingerprint density at radius 1 is 1.50 bits per heavy atom. The summed E-state index contributed by atoms with van der Waals surface area (Å²) in [6.07, 6.45) is 2.80. The highest BCUT2D eigenvalue weighted by molar-refractivity contribution is 8.13. The third kappa shape index (κ3) is 3.13. The van der Waals surface area contributed by atoms with E-state index in [1.165, 1.54) is 11.8 Å². The van der Waals surface area contributed by atoms with E-state index in [1.54, 1.807) is 0 Å². The van der Waals surface area contributed by atoms with Crippen molar-refractivity contribution in [1.82, 2.24) is 9.55 Å². The molecule has 6 nitrogen and oxygen atoms in total. The molecule has 0 aliphatic carbocycles. The lowest BCUT2D eigenvalue weighted by Gasteiger charge is -2.04. The van der Waals surface area contributed by atoms with E-state index in [-0.39, 0.29) is 0 Å². The molecule has 0 fully saturated rings. The Morgan fingerprint density at radius 3 is 2.62 bits per heavy atom. The van der Waals surface area contributed by atoms with Crippen LogP contribution in [0.3, 0.4) is 0 Å². The van der Waals surface area contributed by atoms with Crippen LogP contribution in [0, 0.1) is 0 Å². The van der Waals surface area contributed by atoms with Gasteiger partial charge in [0, 0.05) is 29.2 Å². The van der Waals surface area contributed by atoms with E-state index in [0.717, 1.165) is 10.8 Å². The van der Waals surface area contributed by atoms with Crippen molar-refractivity contribution in [1.29, 1.82) is 0 Å². The average molecular weight is 285 g/mol. The van der Waals surface area contributed by atoms with Gasteiger partial charge < -0.3 is 0 Å². The standard InChI is InChI=1S/C7H9ClN2O4S2/c1-15-3-2-10-4-5(16(8,13)14)6(11)9-7(10)12/h4H,2-3H2,1H3,(H,9,11,12). The molecule has 9 heteroatoms. The number of nitrogens with one attached hydrogen (secondary N) is 1. The van der Waals surface area contributed by atoms with Crippen molar-refractivity contribution in [3.8, 4) is 0 Å². The molecule has 0 amide bonds. The van der Waals surface area contributed by atoms with E-state index in [0.29, 0.717) is 12.3 Å². The highest BCUT2D eigenvalue weighted by Crippen LogP contribution is 2.07. The number of hydrogen-bond acceptors (Lipinski definition) is 5. The Balaban J connectivity index is 3.34. The number of aromatic amines is 1. The summed E-state index contributed by atoms with van der Waals surface area (Å²) in [5, 5.41) is 0. The Bertz CT molecular complexity index is 589. The molecule has 90 valence electrons. The van der Waals surface area contributed by atoms with Crippen LogP contribution >= 0.6 is 22.4 Å². The minimum atomic E-state index is -4.14. The molecule has 1 aromatic rings. The van der Waals surface area contributed by atoms with Gasteiger partial charge in [-0.05, 0) is 6.26 Å². The number of hydrogen-bond donors (Lipinski definition) is 1. The fourth-order valence-electron chi connectivity index (χ4n) is 1.02. The Hall–Kier alpha value is -0.730. The first kappa shape index (κ1) is 13.3. The van der Waals surface area contributed by atoms with Gasteiger partial charge in [-0.15, -0.1) is 0 Å². The molecule has 0 unspecified atom stereocenters. The van der Waals surface area contributed by atoms with Crippen molar-refractivity contribution in [3.05, 3.63) is 27.0 Å². The first-order valence-corrected chi connectivity index (χ1v) is 7.84. The number of thioether (sulfide) groups is 1. The van der Waals surface area contributed by atoms with E-state index in [2.05, 4.69) is 0 Å². The third-order valence-corrected chi connectivity index (χ3v) is 3.68. The summed E-state index contributed by atoms with van der Waals surface area (Å²) < 4.78 is 23.1. The summed E-state index contributed by atoms with van der Waals surface area (Å²) in [5.41, 5.74) is -1.65. The van der Waals surface area contributed by atoms with Gasteiger partial charge in [0.1, 0.15) is 0 Å². The summed E-state index contributed by atoms with van der Waals surface area (Å²) >= 11 is 1.49. The predicted molar refractivity (Wildman–Crippen MR) is 62.7 cm³/mol. The molecule has 1 N–H and O–H groups in total. The fourth-order valence-corrected chi connectivity index (χ4v) is 2.25. The Morgan fingerprint density at radius 2 is 2.12 bits per heavy atom. The number of rotatable bonds is 4. The van der Waals surface area contributed by atoms with Crippen LogP contribution < -0.4 is 11.2 Å². The zero-order valence-corrected chi connectivity index (χ0v) is 10.7. The maximum absolute atomic E-state index is 11.3. The van der Waals surface area contributed by atoms with Crippen LogP contribution in [-0.2, 0) is 15.6 Å². The van der Waals surface area contributed by atoms with Crippen molar-refractivity contribution >= 4 is 31.5 Å². The van der Waals surface area contributed by atoms with Gasteiger partial charge in [0.15, 0.2) is 4.90 Å². The van der Waals surface area contributed by atoms with Crippen LogP contribution in [-0.4, -0.2) is 30.0 Å². The number of aryl methyl sites for hydroxylation is 1. The number of nitrogens with zero attached hydrogens (tertiary/aromatic N) is 1. The minimum Gasteiger partial charge on any atom is -0.298 e. The second-order valence-electron chi connectivity index (χ2n) is 2.88. The van der Waals surface area contributed by atoms with Crippen molar-refractivity contribution in [2.24, 2.45) is 0 Å². The van der Waals surface area contributed by atoms with Gasteiger partial charge >= 0.3 is 5.69 Å². The molecule has 1 heterocycles. The lowest BCUT2D eigenvalue weighted by atomic mass is 10.6. The van der Waals surface area contributed by atoms with Gasteiger partial charge in [-0.2, -0.15) is 11.8 Å². The van der Waals surface area contributed by atoms with Crippen LogP contribution in [0.4, 0.5) is 0 Å². The largest absolute Gasteiger partial charge is 0.328 e. The molecule has 16 heavy (non-hydrogen) atoms. The molecule has 1 rings (SSSR count). The summed E-state index contributed by atoms with van der Waals surface area (Å²) in [4.78, 5) is 23.7. The lowest BCUT2D eigenvalue weighted by molar-refractivity contribution is 0.602. The second-order valence-corrected chi connectivity index (χ2v) is 6.40. The van der Waals surface area contributed by atoms with Crippen molar-refractivity contribution in [3.63, 3.8) is 0 Å². The van der Waals surface area contributed by atoms with Gasteiger partial charge in [-0.25, -0.2) is 13.2 Å². The normalized spacial score (nSPS) is 11.6. The highest BCUT2D eigenvalue weighted by atomic mass is 35.7. The van der Waals surface area contributed by atoms with Crippen molar-refractivity contribution in [2.75, 3.05) is 12.0 Å². The van der Waals surface area contributed by atoms with Crippen molar-refractivity contribution in [2.45, 2.75) is 11.4 Å². The molecule has 1 aromatic heterocycles. The van der Waals surface area contributed by atoms with E-state index in [1.807, 2.05) is 11.2 Å². The minimum absolute atomic E-state index is 0.302. The molecule has 0 atom stereocenters. The zero-order chi connectivity index (χ0) is 12.3. The monoisotopic (exact) mass is 284 g/mol. The average Bonchev–Trinajstić information content (AvgIpc) is 2.14. The molecule has 0 saturated heterocycles. The quantitative estimate of drug-likeness (QED) is 0.775. The highest BCUT2D eigenvalue weighted by Gasteiger charge is 2.16. The van der Waals surface area contributed by atoms with Gasteiger partial charge in [-0.3, -0.25) is 14.3 Å². The molecule has 0 bridgehead atoms. The molecule has 0 spiro atoms. The summed E-state index contributed by atoms with van der Waals surface area (Å²) in [7, 11) is 0.918. The number of halogens is 1. The topological polar surface area (TPSA) is 89.0 Å². The van der Waals surface area contributed by atoms with Gasteiger partial charge in [0.25, 0.3) is 14.6 Å². The lowest BCUT2D eigenvalue weighted by Crippen LogP contribution is -2.32. The third-order valence-electron chi connectivity index (χ3n) is 1.78. The molecular weight excluding hydrogens is 276 g/mol. The maximum Gasteiger partial charge on any atom is 0.328 e. The Kier molecular flexibility index (Phi) is 4.22. The smallest absolute Gasteiger partial charge is 0.298 e. The molecule has 0 radical (unpaired) electrons. The first-order valence-electron chi connectivity index (χ1n) is 4.13. The van der Waals surface area contributed by atoms with Crippen LogP contribution in [0.2, 0.25) is 0 Å². The summed E-state index contributed by atoms with van der Waals surface area (Å²) in [5.74, 6) is 0.619. The maximum atomic E-state index is 11.3. The summed E-state index contributed by atoms with van der Waals surface area (Å²) in [6.45, 7) is 0.302. The second kappa shape index (κ2) is 5.07. The zero-order valence-electron chi connectivity index (χ0n) is 8.27. The van der Waals surface area contributed by atoms with Gasteiger partial charge in [-0.1, -0.05) is 0 Å². The van der Waals surface area contributed by atoms with E-state index in [4.69, 9.17) is 10.7 Å². The fraction of sp³-hybridized carbons (Fsp3) is 0.429. The van der Waals surface area contributed by atoms with Crippen molar-refractivity contribution < 1.29 is 8.42 Å². The number of aromatic nitrogens is 2. The first-order chi connectivity index (χ1) is 7.36. The van der Waals surface area contributed by atoms with E-state index < -0.39 is 25.2 Å². The molecule has 0 saturated carbocycles. The summed E-state index contributed by atoms with van der Waals surface area (Å²) in [6, 6.07) is 0. The van der Waals surface area contributed by atoms with Crippen LogP contribution in [0.5, 0.6) is 0 Å². The van der Waals surface area contributed by atoms with Gasteiger partial charge in [0.2, 0.25) is 0 Å². The van der Waals surface area contributed by atoms with Gasteiger partial charge in [0.05, 0.1) is 0 Å². The molecule has 0 aliphatic rings. The number of H-pyrrole nitrogens is 1. The van der Waals surface area contributed by atoms with Crippen LogP contribution in [0.1, 0.15) is 0 Å². The van der Waals surface area contributed by atoms with E-state index >= 15 is 0 Å². The molecule has 0 aromatic carbocycles. The van der Waals surface area contributed by atoms with Crippen LogP contribution in [0.15, 0.2) is 20.7 Å². The predicted octanol–water partition coefficient (Wildman–Crippen LogP) is -0.173. The van der Waals surface area contributed by atoms with E-state index in [9.17, 15) is 18.0 Å². The van der Waals surface area contributed by atoms with Crippen LogP contribution in [0.25, 0.3) is 0 Å².